The molecule has 0 unspecified atom stereocenters. The highest BCUT2D eigenvalue weighted by Gasteiger charge is 2.44. The van der Waals surface area contributed by atoms with E-state index < -0.39 is 50.9 Å². The number of nitrogens with zero attached hydrogens (tertiary/aromatic N) is 3. The molecule has 0 radical (unpaired) electrons. The van der Waals surface area contributed by atoms with E-state index in [0.717, 1.165) is 10.4 Å². The van der Waals surface area contributed by atoms with E-state index in [9.17, 15) is 22.8 Å². The van der Waals surface area contributed by atoms with E-state index in [1.807, 2.05) is 0 Å². The summed E-state index contributed by atoms with van der Waals surface area (Å²) in [5.74, 6) is -0.389. The van der Waals surface area contributed by atoms with Crippen molar-refractivity contribution in [3.05, 3.63) is 70.0 Å². The zero-order valence-electron chi connectivity index (χ0n) is 26.9. The van der Waals surface area contributed by atoms with Crippen molar-refractivity contribution in [1.82, 2.24) is 19.2 Å². The van der Waals surface area contributed by atoms with Gasteiger partial charge in [-0.05, 0) is 86.1 Å². The van der Waals surface area contributed by atoms with Crippen molar-refractivity contribution < 1.29 is 32.3 Å². The van der Waals surface area contributed by atoms with Gasteiger partial charge in [-0.3, -0.25) is 4.79 Å². The Bertz CT molecular complexity index is 1810. The van der Waals surface area contributed by atoms with Crippen molar-refractivity contribution in [1.29, 1.82) is 0 Å². The summed E-state index contributed by atoms with van der Waals surface area (Å²) < 4.78 is 40.6. The monoisotopic (exact) mass is 702 g/mol. The number of hydrogen-bond acceptors (Lipinski definition) is 8. The molecule has 1 atom stereocenters. The first-order valence-electron chi connectivity index (χ1n) is 14.4. The van der Waals surface area contributed by atoms with Crippen LogP contribution in [0.2, 0.25) is 0 Å². The van der Waals surface area contributed by atoms with Crippen LogP contribution in [-0.2, 0) is 30.7 Å². The lowest BCUT2D eigenvalue weighted by Crippen LogP contribution is -2.45. The van der Waals surface area contributed by atoms with Gasteiger partial charge >= 0.3 is 12.2 Å². The van der Waals surface area contributed by atoms with E-state index in [-0.39, 0.29) is 17.2 Å². The number of carbonyl (C=O) groups excluding carboxylic acids is 3. The number of fused-ring (bicyclic) bond motifs is 1. The van der Waals surface area contributed by atoms with Crippen molar-refractivity contribution in [2.24, 2.45) is 0 Å². The summed E-state index contributed by atoms with van der Waals surface area (Å²) in [6, 6.07) is 11.2. The zero-order valence-corrected chi connectivity index (χ0v) is 29.3. The third kappa shape index (κ3) is 7.58. The second kappa shape index (κ2) is 11.9. The van der Waals surface area contributed by atoms with Crippen LogP contribution in [0.25, 0.3) is 15.9 Å². The standard InChI is InChI=1S/C32H39BrN4O7S/c1-30(2,3)37-26(38)18-25(45(37,41)42)20-15-14-19(16-21(20)33)17-23(35-28(39)43-31(4,5)6)27-34-22-12-10-11-13-24(22)36(27)29(40)44-32(7,8)9/h10-16,18,23H,17H2,1-9H3,(H,35,39)/t23-/m0/s1. The summed E-state index contributed by atoms with van der Waals surface area (Å²) in [4.78, 5) is 43.9. The van der Waals surface area contributed by atoms with Crippen LogP contribution in [0, 0.1) is 0 Å². The Kier molecular flexibility index (Phi) is 9.04. The summed E-state index contributed by atoms with van der Waals surface area (Å²) in [5.41, 5.74) is -0.517. The normalized spacial score (nSPS) is 16.0. The van der Waals surface area contributed by atoms with E-state index in [1.54, 1.807) is 105 Å². The number of hydrogen-bond donors (Lipinski definition) is 1. The Morgan fingerprint density at radius 3 is 2.13 bits per heavy atom. The fraction of sp³-hybridized carbons (Fsp3) is 0.438. The number of rotatable bonds is 5. The molecule has 13 heteroatoms. The number of carbonyl (C=O) groups is 3. The second-order valence-electron chi connectivity index (χ2n) is 13.8. The molecule has 11 nitrogen and oxygen atoms in total. The Morgan fingerprint density at radius 2 is 1.58 bits per heavy atom. The molecule has 2 heterocycles. The first-order valence-corrected chi connectivity index (χ1v) is 16.6. The van der Waals surface area contributed by atoms with Crippen molar-refractivity contribution >= 4 is 60.0 Å². The minimum absolute atomic E-state index is 0.115. The van der Waals surface area contributed by atoms with E-state index in [1.165, 1.54) is 4.57 Å². The van der Waals surface area contributed by atoms with Gasteiger partial charge in [0.05, 0.1) is 22.6 Å². The topological polar surface area (TPSA) is 137 Å². The largest absolute Gasteiger partial charge is 0.444 e. The highest BCUT2D eigenvalue weighted by molar-refractivity contribution is 9.10. The molecule has 45 heavy (non-hydrogen) atoms. The van der Waals surface area contributed by atoms with Crippen LogP contribution in [0.3, 0.4) is 0 Å². The average Bonchev–Trinajstić information content (AvgIpc) is 3.35. The molecule has 1 aliphatic rings. The molecular weight excluding hydrogens is 664 g/mol. The lowest BCUT2D eigenvalue weighted by molar-refractivity contribution is -0.123. The van der Waals surface area contributed by atoms with Gasteiger partial charge in [0.25, 0.3) is 15.9 Å². The van der Waals surface area contributed by atoms with Gasteiger partial charge in [0.1, 0.15) is 21.9 Å². The van der Waals surface area contributed by atoms with Gasteiger partial charge in [0.2, 0.25) is 0 Å². The Balaban J connectivity index is 1.78. The maximum atomic E-state index is 13.5. The third-order valence-electron chi connectivity index (χ3n) is 6.49. The number of halogens is 1. The Morgan fingerprint density at radius 1 is 0.956 bits per heavy atom. The maximum absolute atomic E-state index is 13.5. The number of imidazole rings is 1. The van der Waals surface area contributed by atoms with Crippen LogP contribution in [0.15, 0.2) is 53.0 Å². The molecule has 1 N–H and O–H groups in total. The fourth-order valence-corrected chi connectivity index (χ4v) is 7.61. The molecule has 1 aromatic heterocycles. The molecule has 0 saturated carbocycles. The van der Waals surface area contributed by atoms with Gasteiger partial charge in [0, 0.05) is 22.5 Å². The van der Waals surface area contributed by atoms with Gasteiger partial charge in [-0.25, -0.2) is 31.9 Å². The smallest absolute Gasteiger partial charge is 0.420 e. The maximum Gasteiger partial charge on any atom is 0.420 e. The molecule has 0 bridgehead atoms. The predicted octanol–water partition coefficient (Wildman–Crippen LogP) is 6.70. The number of aromatic nitrogens is 2. The molecule has 4 rings (SSSR count). The van der Waals surface area contributed by atoms with Crippen molar-refractivity contribution in [3.8, 4) is 0 Å². The van der Waals surface area contributed by atoms with Gasteiger partial charge < -0.3 is 14.8 Å². The van der Waals surface area contributed by atoms with E-state index in [4.69, 9.17) is 14.5 Å². The number of amides is 2. The highest BCUT2D eigenvalue weighted by atomic mass is 79.9. The summed E-state index contributed by atoms with van der Waals surface area (Å²) in [6.45, 7) is 15.5. The number of sulfonamides is 1. The van der Waals surface area contributed by atoms with Crippen molar-refractivity contribution in [3.63, 3.8) is 0 Å². The summed E-state index contributed by atoms with van der Waals surface area (Å²) in [7, 11) is -4.09. The molecule has 2 amide bonds. The van der Waals surface area contributed by atoms with Crippen LogP contribution in [0.1, 0.15) is 85.3 Å². The number of alkyl carbamates (subject to hydrolysis) is 1. The lowest BCUT2D eigenvalue weighted by atomic mass is 10.0. The van der Waals surface area contributed by atoms with Crippen LogP contribution in [0.4, 0.5) is 9.59 Å². The van der Waals surface area contributed by atoms with Gasteiger partial charge in [-0.15, -0.1) is 0 Å². The third-order valence-corrected chi connectivity index (χ3v) is 9.24. The summed E-state index contributed by atoms with van der Waals surface area (Å²) >= 11 is 3.49. The van der Waals surface area contributed by atoms with E-state index in [0.29, 0.717) is 26.6 Å². The molecule has 2 aromatic carbocycles. The molecule has 0 spiro atoms. The molecule has 1 aliphatic heterocycles. The van der Waals surface area contributed by atoms with Crippen molar-refractivity contribution in [2.75, 3.05) is 0 Å². The van der Waals surface area contributed by atoms with Gasteiger partial charge in [-0.1, -0.05) is 40.2 Å². The molecule has 242 valence electrons. The first kappa shape index (κ1) is 34.2. The molecular formula is C32H39BrN4O7S. The fourth-order valence-electron chi connectivity index (χ4n) is 4.93. The molecule has 0 saturated heterocycles. The SMILES string of the molecule is CC(C)(C)OC(=O)N[C@@H](Cc1ccc(C2=CC(=O)N(C(C)(C)C)S2(=O)=O)c(Br)c1)c1nc2ccccc2n1C(=O)OC(C)(C)C. The number of ether oxygens (including phenoxy) is 2. The Labute approximate surface area is 272 Å². The molecule has 0 fully saturated rings. The molecule has 3 aromatic rings. The lowest BCUT2D eigenvalue weighted by Gasteiger charge is -2.30. The van der Waals surface area contributed by atoms with E-state index in [2.05, 4.69) is 21.2 Å². The number of benzene rings is 2. The Hall–Kier alpha value is -3.71. The highest BCUT2D eigenvalue weighted by Crippen LogP contribution is 2.39. The number of para-hydroxylation sites is 2. The van der Waals surface area contributed by atoms with Crippen LogP contribution in [0.5, 0.6) is 0 Å². The zero-order chi connectivity index (χ0) is 33.7. The number of nitrogens with one attached hydrogen (secondary N) is 1. The van der Waals surface area contributed by atoms with Crippen LogP contribution >= 0.6 is 15.9 Å². The predicted molar refractivity (Wildman–Crippen MR) is 175 cm³/mol. The average molecular weight is 704 g/mol. The molecule has 0 aliphatic carbocycles. The van der Waals surface area contributed by atoms with Gasteiger partial charge in [-0.2, -0.15) is 0 Å². The summed E-state index contributed by atoms with van der Waals surface area (Å²) in [6.07, 6.45) is -0.112. The minimum Gasteiger partial charge on any atom is -0.444 e. The van der Waals surface area contributed by atoms with Gasteiger partial charge in [0.15, 0.2) is 0 Å². The summed E-state index contributed by atoms with van der Waals surface area (Å²) in [5, 5.41) is 2.86. The quantitative estimate of drug-likeness (QED) is 0.310. The minimum atomic E-state index is -4.09. The van der Waals surface area contributed by atoms with Crippen molar-refractivity contribution in [2.45, 2.75) is 91.5 Å². The first-order chi connectivity index (χ1) is 20.6. The van der Waals surface area contributed by atoms with Crippen LogP contribution < -0.4 is 5.32 Å². The van der Waals surface area contributed by atoms with E-state index >= 15 is 0 Å². The van der Waals surface area contributed by atoms with Crippen LogP contribution in [-0.4, -0.2) is 57.1 Å². The second-order valence-corrected chi connectivity index (χ2v) is 16.4.